The smallest absolute Gasteiger partial charge is 0.313 e. The van der Waals surface area contributed by atoms with E-state index in [1.54, 1.807) is 0 Å². The lowest BCUT2D eigenvalue weighted by atomic mass is 9.83. The van der Waals surface area contributed by atoms with E-state index in [0.717, 1.165) is 11.1 Å². The summed E-state index contributed by atoms with van der Waals surface area (Å²) in [5.41, 5.74) is 1.70. The van der Waals surface area contributed by atoms with Gasteiger partial charge < -0.3 is 9.47 Å². The van der Waals surface area contributed by atoms with Crippen LogP contribution in [-0.2, 0) is 30.3 Å². The Morgan fingerprint density at radius 1 is 1.19 bits per heavy atom. The first kappa shape index (κ1) is 15.2. The Balaban J connectivity index is 2.49. The molecule has 2 atom stereocenters. The maximum absolute atomic E-state index is 12.0. The SMILES string of the molecule is COC(=O)[C@@H]1CC(=O)CCc2ccccc2[C@H]1OC(C)=O. The molecule has 5 nitrogen and oxygen atoms in total. The van der Waals surface area contributed by atoms with Crippen LogP contribution in [0.1, 0.15) is 37.0 Å². The van der Waals surface area contributed by atoms with Crippen molar-refractivity contribution in [2.75, 3.05) is 7.11 Å². The zero-order valence-corrected chi connectivity index (χ0v) is 12.1. The second-order valence-electron chi connectivity index (χ2n) is 5.10. The Morgan fingerprint density at radius 2 is 1.90 bits per heavy atom. The van der Waals surface area contributed by atoms with E-state index >= 15 is 0 Å². The summed E-state index contributed by atoms with van der Waals surface area (Å²) in [6.07, 6.45) is 0.201. The molecule has 112 valence electrons. The molecule has 5 heteroatoms. The van der Waals surface area contributed by atoms with Crippen molar-refractivity contribution in [3.8, 4) is 0 Å². The fourth-order valence-corrected chi connectivity index (χ4v) is 2.67. The molecule has 0 bridgehead atoms. The number of carbonyl (C=O) groups excluding carboxylic acids is 3. The molecular weight excluding hydrogens is 272 g/mol. The molecule has 0 saturated carbocycles. The highest BCUT2D eigenvalue weighted by Gasteiger charge is 2.37. The Morgan fingerprint density at radius 3 is 2.57 bits per heavy atom. The van der Waals surface area contributed by atoms with Crippen LogP contribution in [0, 0.1) is 5.92 Å². The third-order valence-corrected chi connectivity index (χ3v) is 3.64. The van der Waals surface area contributed by atoms with Crippen molar-refractivity contribution in [3.63, 3.8) is 0 Å². The standard InChI is InChI=1S/C16H18O5/c1-10(17)21-15-13-6-4-3-5-11(13)7-8-12(18)9-14(15)16(19)20-2/h3-6,14-15H,7-9H2,1-2H3/t14-,15-/m1/s1. The van der Waals surface area contributed by atoms with Gasteiger partial charge in [0.2, 0.25) is 0 Å². The molecule has 21 heavy (non-hydrogen) atoms. The van der Waals surface area contributed by atoms with Gasteiger partial charge >= 0.3 is 11.9 Å². The molecular formula is C16H18O5. The van der Waals surface area contributed by atoms with Crippen LogP contribution in [0.3, 0.4) is 0 Å². The maximum Gasteiger partial charge on any atom is 0.313 e. The molecule has 0 N–H and O–H groups in total. The van der Waals surface area contributed by atoms with E-state index in [1.165, 1.54) is 14.0 Å². The van der Waals surface area contributed by atoms with E-state index in [0.29, 0.717) is 12.8 Å². The van der Waals surface area contributed by atoms with E-state index in [9.17, 15) is 14.4 Å². The van der Waals surface area contributed by atoms with E-state index < -0.39 is 24.0 Å². The van der Waals surface area contributed by atoms with E-state index in [4.69, 9.17) is 9.47 Å². The number of ether oxygens (including phenoxy) is 2. The summed E-state index contributed by atoms with van der Waals surface area (Å²) in [5.74, 6) is -1.85. The van der Waals surface area contributed by atoms with Gasteiger partial charge in [0.15, 0.2) is 0 Å². The topological polar surface area (TPSA) is 69.7 Å². The van der Waals surface area contributed by atoms with Gasteiger partial charge in [0.25, 0.3) is 0 Å². The molecule has 0 aliphatic heterocycles. The zero-order chi connectivity index (χ0) is 15.4. The van der Waals surface area contributed by atoms with Gasteiger partial charge in [-0.2, -0.15) is 0 Å². The van der Waals surface area contributed by atoms with Crippen LogP contribution < -0.4 is 0 Å². The Kier molecular flexibility index (Phi) is 4.73. The minimum Gasteiger partial charge on any atom is -0.469 e. The normalized spacial score (nSPS) is 21.7. The molecule has 0 fully saturated rings. The summed E-state index contributed by atoms with van der Waals surface area (Å²) in [6.45, 7) is 1.29. The van der Waals surface area contributed by atoms with Crippen molar-refractivity contribution < 1.29 is 23.9 Å². The minimum atomic E-state index is -0.798. The van der Waals surface area contributed by atoms with Crippen LogP contribution in [-0.4, -0.2) is 24.8 Å². The zero-order valence-electron chi connectivity index (χ0n) is 12.1. The summed E-state index contributed by atoms with van der Waals surface area (Å²) in [4.78, 5) is 35.4. The van der Waals surface area contributed by atoms with Crippen molar-refractivity contribution in [2.24, 2.45) is 5.92 Å². The van der Waals surface area contributed by atoms with Crippen LogP contribution in [0.2, 0.25) is 0 Å². The van der Waals surface area contributed by atoms with Crippen molar-refractivity contribution in [3.05, 3.63) is 35.4 Å². The van der Waals surface area contributed by atoms with Gasteiger partial charge in [0.05, 0.1) is 7.11 Å². The summed E-state index contributed by atoms with van der Waals surface area (Å²) in [6, 6.07) is 7.41. The predicted octanol–water partition coefficient (Wildman–Crippen LogP) is 1.99. The molecule has 2 rings (SSSR count). The van der Waals surface area contributed by atoms with Gasteiger partial charge in [0, 0.05) is 19.8 Å². The molecule has 1 aromatic rings. The summed E-state index contributed by atoms with van der Waals surface area (Å²) in [7, 11) is 1.27. The fourth-order valence-electron chi connectivity index (χ4n) is 2.67. The van der Waals surface area contributed by atoms with Crippen LogP contribution in [0.4, 0.5) is 0 Å². The third kappa shape index (κ3) is 3.48. The van der Waals surface area contributed by atoms with E-state index in [2.05, 4.69) is 0 Å². The van der Waals surface area contributed by atoms with Crippen molar-refractivity contribution in [1.29, 1.82) is 0 Å². The molecule has 0 radical (unpaired) electrons. The van der Waals surface area contributed by atoms with Gasteiger partial charge in [-0.3, -0.25) is 14.4 Å². The Hall–Kier alpha value is -2.17. The number of methoxy groups -OCH3 is 1. The summed E-state index contributed by atoms with van der Waals surface area (Å²) in [5, 5.41) is 0. The Bertz CT molecular complexity index is 564. The highest BCUT2D eigenvalue weighted by Crippen LogP contribution is 2.35. The number of hydrogen-bond donors (Lipinski definition) is 0. The number of esters is 2. The number of carbonyl (C=O) groups is 3. The highest BCUT2D eigenvalue weighted by atomic mass is 16.6. The first-order valence-corrected chi connectivity index (χ1v) is 6.87. The molecule has 0 unspecified atom stereocenters. The van der Waals surface area contributed by atoms with E-state index in [1.807, 2.05) is 24.3 Å². The number of rotatable bonds is 2. The molecule has 1 aromatic carbocycles. The van der Waals surface area contributed by atoms with Gasteiger partial charge in [-0.15, -0.1) is 0 Å². The third-order valence-electron chi connectivity index (χ3n) is 3.64. The average molecular weight is 290 g/mol. The maximum atomic E-state index is 12.0. The highest BCUT2D eigenvalue weighted by molar-refractivity contribution is 5.86. The lowest BCUT2D eigenvalue weighted by molar-refractivity contribution is -0.161. The van der Waals surface area contributed by atoms with Gasteiger partial charge in [-0.1, -0.05) is 24.3 Å². The Labute approximate surface area is 123 Å². The summed E-state index contributed by atoms with van der Waals surface area (Å²) < 4.78 is 10.1. The number of benzene rings is 1. The molecule has 0 spiro atoms. The first-order valence-electron chi connectivity index (χ1n) is 6.87. The minimum absolute atomic E-state index is 0.0267. The van der Waals surface area contributed by atoms with Gasteiger partial charge in [0.1, 0.15) is 17.8 Å². The molecule has 0 aromatic heterocycles. The molecule has 0 amide bonds. The molecule has 0 heterocycles. The van der Waals surface area contributed by atoms with Gasteiger partial charge in [-0.05, 0) is 17.5 Å². The quantitative estimate of drug-likeness (QED) is 0.779. The average Bonchev–Trinajstić information content (AvgIpc) is 2.46. The largest absolute Gasteiger partial charge is 0.469 e. The molecule has 0 saturated heterocycles. The monoisotopic (exact) mass is 290 g/mol. The van der Waals surface area contributed by atoms with Crippen molar-refractivity contribution in [1.82, 2.24) is 0 Å². The number of fused-ring (bicyclic) bond motifs is 1. The van der Waals surface area contributed by atoms with Crippen molar-refractivity contribution in [2.45, 2.75) is 32.3 Å². The lowest BCUT2D eigenvalue weighted by Gasteiger charge is -2.28. The van der Waals surface area contributed by atoms with Gasteiger partial charge in [-0.25, -0.2) is 0 Å². The second-order valence-corrected chi connectivity index (χ2v) is 5.10. The van der Waals surface area contributed by atoms with Crippen LogP contribution in [0.25, 0.3) is 0 Å². The van der Waals surface area contributed by atoms with Crippen LogP contribution in [0.5, 0.6) is 0 Å². The predicted molar refractivity (Wildman–Crippen MR) is 74.4 cm³/mol. The number of hydrogen-bond acceptors (Lipinski definition) is 5. The first-order chi connectivity index (χ1) is 10.0. The lowest BCUT2D eigenvalue weighted by Crippen LogP contribution is -2.31. The van der Waals surface area contributed by atoms with Crippen LogP contribution in [0.15, 0.2) is 24.3 Å². The summed E-state index contributed by atoms with van der Waals surface area (Å²) >= 11 is 0. The second kappa shape index (κ2) is 6.52. The number of ketones is 1. The van der Waals surface area contributed by atoms with Crippen LogP contribution >= 0.6 is 0 Å². The fraction of sp³-hybridized carbons (Fsp3) is 0.438. The van der Waals surface area contributed by atoms with Crippen molar-refractivity contribution >= 4 is 17.7 Å². The van der Waals surface area contributed by atoms with E-state index in [-0.39, 0.29) is 12.2 Å². The molecule has 1 aliphatic rings. The molecule has 1 aliphatic carbocycles. The number of aryl methyl sites for hydroxylation is 1. The number of Topliss-reactive ketones (excluding diaryl/α,β-unsaturated/α-hetero) is 1.